The molecule has 1 saturated carbocycles. The molecule has 3 aromatic rings. The number of nitrogens with zero attached hydrogens (tertiary/aromatic N) is 4. The van der Waals surface area contributed by atoms with E-state index in [0.717, 1.165) is 79.9 Å². The van der Waals surface area contributed by atoms with Crippen molar-refractivity contribution in [1.29, 1.82) is 0 Å². The van der Waals surface area contributed by atoms with Gasteiger partial charge in [0.15, 0.2) is 0 Å². The summed E-state index contributed by atoms with van der Waals surface area (Å²) in [5.74, 6) is 0.618. The molecule has 1 aliphatic carbocycles. The van der Waals surface area contributed by atoms with Crippen LogP contribution in [0.4, 0.5) is 10.1 Å². The van der Waals surface area contributed by atoms with Gasteiger partial charge in [0, 0.05) is 56.6 Å². The number of rotatable bonds is 4. The van der Waals surface area contributed by atoms with Crippen molar-refractivity contribution in [2.75, 3.05) is 44.2 Å². The van der Waals surface area contributed by atoms with E-state index in [9.17, 15) is 4.79 Å². The lowest BCUT2D eigenvalue weighted by Crippen LogP contribution is -2.49. The number of aromatic nitrogens is 2. The van der Waals surface area contributed by atoms with Crippen LogP contribution in [-0.4, -0.2) is 59.7 Å². The lowest BCUT2D eigenvalue weighted by atomic mass is 9.87. The van der Waals surface area contributed by atoms with Crippen LogP contribution >= 0.6 is 0 Å². The first kappa shape index (κ1) is 20.7. The molecule has 1 N–H and O–H groups in total. The second kappa shape index (κ2) is 8.13. The monoisotopic (exact) mass is 447 g/mol. The van der Waals surface area contributed by atoms with E-state index in [0.29, 0.717) is 18.9 Å². The topological polar surface area (TPSA) is 52.9 Å². The highest BCUT2D eigenvalue weighted by Gasteiger charge is 2.35. The van der Waals surface area contributed by atoms with Gasteiger partial charge in [-0.15, -0.1) is 0 Å². The van der Waals surface area contributed by atoms with Crippen LogP contribution in [0.3, 0.4) is 0 Å². The lowest BCUT2D eigenvalue weighted by Gasteiger charge is -2.36. The number of hydrogen-bond acceptors (Lipinski definition) is 4. The molecule has 6 nitrogen and oxygen atoms in total. The Morgan fingerprint density at radius 3 is 2.55 bits per heavy atom. The second-order valence-electron chi connectivity index (χ2n) is 9.68. The fourth-order valence-electron chi connectivity index (χ4n) is 5.26. The number of alkyl halides is 1. The number of halogens is 1. The van der Waals surface area contributed by atoms with E-state index in [2.05, 4.69) is 27.4 Å². The first-order chi connectivity index (χ1) is 16.1. The second-order valence-corrected chi connectivity index (χ2v) is 9.68. The molecule has 3 aliphatic rings. The first-order valence-electron chi connectivity index (χ1n) is 12.1. The summed E-state index contributed by atoms with van der Waals surface area (Å²) in [4.78, 5) is 16.8. The van der Waals surface area contributed by atoms with Crippen molar-refractivity contribution in [2.45, 2.75) is 31.4 Å². The molecule has 7 heteroatoms. The number of nitrogens with one attached hydrogen (secondary N) is 1. The molecule has 3 fully saturated rings. The van der Waals surface area contributed by atoms with Crippen LogP contribution in [0.5, 0.6) is 0 Å². The lowest BCUT2D eigenvalue weighted by molar-refractivity contribution is -0.132. The number of amides is 1. The summed E-state index contributed by atoms with van der Waals surface area (Å²) in [5.41, 5.74) is 3.79. The molecule has 2 aromatic heterocycles. The summed E-state index contributed by atoms with van der Waals surface area (Å²) in [6.45, 7) is 4.49. The largest absolute Gasteiger partial charge is 0.366 e. The van der Waals surface area contributed by atoms with Gasteiger partial charge in [0.2, 0.25) is 5.91 Å². The standard InChI is InChI=1S/C26H30FN5O/c27-26(9-1-10-28-18-26)22-6-4-19(5-7-22)21-16-24-23(8-11-29-32(24)17-21)30-12-14-31(15-13-30)25(33)20-2-3-20/h4-8,11,16-17,20,28H,1-3,9-10,12-15,18H2. The zero-order valence-corrected chi connectivity index (χ0v) is 18.8. The highest BCUT2D eigenvalue weighted by Crippen LogP contribution is 2.35. The van der Waals surface area contributed by atoms with Crippen molar-refractivity contribution in [3.05, 3.63) is 54.4 Å². The van der Waals surface area contributed by atoms with Gasteiger partial charge in [-0.2, -0.15) is 5.10 Å². The van der Waals surface area contributed by atoms with E-state index in [1.54, 1.807) is 0 Å². The quantitative estimate of drug-likeness (QED) is 0.664. The van der Waals surface area contributed by atoms with E-state index in [1.807, 2.05) is 46.1 Å². The van der Waals surface area contributed by atoms with Crippen LogP contribution < -0.4 is 10.2 Å². The third kappa shape index (κ3) is 3.88. The Balaban J connectivity index is 1.22. The van der Waals surface area contributed by atoms with E-state index in [4.69, 9.17) is 0 Å². The van der Waals surface area contributed by atoms with Gasteiger partial charge in [-0.3, -0.25) is 4.79 Å². The minimum atomic E-state index is -1.28. The first-order valence-corrected chi connectivity index (χ1v) is 12.1. The van der Waals surface area contributed by atoms with Crippen molar-refractivity contribution in [3.8, 4) is 11.1 Å². The average molecular weight is 448 g/mol. The number of carbonyl (C=O) groups excluding carboxylic acids is 1. The minimum absolute atomic E-state index is 0.283. The minimum Gasteiger partial charge on any atom is -0.366 e. The summed E-state index contributed by atoms with van der Waals surface area (Å²) in [5, 5.41) is 7.70. The molecule has 0 spiro atoms. The van der Waals surface area contributed by atoms with E-state index in [1.165, 1.54) is 0 Å². The van der Waals surface area contributed by atoms with Crippen molar-refractivity contribution in [2.24, 2.45) is 5.92 Å². The van der Waals surface area contributed by atoms with Gasteiger partial charge in [0.25, 0.3) is 0 Å². The molecule has 6 rings (SSSR count). The van der Waals surface area contributed by atoms with Gasteiger partial charge >= 0.3 is 0 Å². The van der Waals surface area contributed by atoms with E-state index >= 15 is 4.39 Å². The Kier molecular flexibility index (Phi) is 5.09. The normalized spacial score (nSPS) is 23.8. The van der Waals surface area contributed by atoms with Crippen LogP contribution in [0.25, 0.3) is 16.6 Å². The zero-order chi connectivity index (χ0) is 22.4. The maximum absolute atomic E-state index is 15.3. The molecule has 1 amide bonds. The number of piperazine rings is 1. The molecule has 2 saturated heterocycles. The molecule has 0 radical (unpaired) electrons. The Morgan fingerprint density at radius 2 is 1.85 bits per heavy atom. The predicted molar refractivity (Wildman–Crippen MR) is 127 cm³/mol. The highest BCUT2D eigenvalue weighted by atomic mass is 19.1. The molecule has 2 aliphatic heterocycles. The molecule has 172 valence electrons. The summed E-state index contributed by atoms with van der Waals surface area (Å²) in [6.07, 6.45) is 7.42. The van der Waals surface area contributed by atoms with E-state index < -0.39 is 5.67 Å². The number of piperidine rings is 1. The van der Waals surface area contributed by atoms with Gasteiger partial charge in [-0.1, -0.05) is 24.3 Å². The fourth-order valence-corrected chi connectivity index (χ4v) is 5.26. The molecule has 4 heterocycles. The maximum atomic E-state index is 15.3. The van der Waals surface area contributed by atoms with Crippen molar-refractivity contribution in [3.63, 3.8) is 0 Å². The molecule has 1 unspecified atom stereocenters. The average Bonchev–Trinajstić information content (AvgIpc) is 3.62. The Bertz CT molecular complexity index is 1160. The Hall–Kier alpha value is -2.93. The number of hydrogen-bond donors (Lipinski definition) is 1. The Morgan fingerprint density at radius 1 is 1.06 bits per heavy atom. The van der Waals surface area contributed by atoms with Crippen LogP contribution in [-0.2, 0) is 10.5 Å². The van der Waals surface area contributed by atoms with Gasteiger partial charge in [0.05, 0.1) is 11.2 Å². The van der Waals surface area contributed by atoms with Crippen LogP contribution in [0.2, 0.25) is 0 Å². The number of carbonyl (C=O) groups is 1. The third-order valence-corrected chi connectivity index (χ3v) is 7.41. The highest BCUT2D eigenvalue weighted by molar-refractivity contribution is 5.82. The van der Waals surface area contributed by atoms with Crippen LogP contribution in [0.1, 0.15) is 31.2 Å². The van der Waals surface area contributed by atoms with Crippen molar-refractivity contribution in [1.82, 2.24) is 19.8 Å². The third-order valence-electron chi connectivity index (χ3n) is 7.41. The van der Waals surface area contributed by atoms with Gasteiger partial charge in [-0.25, -0.2) is 8.91 Å². The molecule has 1 aromatic carbocycles. The van der Waals surface area contributed by atoms with Crippen LogP contribution in [0.15, 0.2) is 48.8 Å². The number of benzene rings is 1. The molecule has 1 atom stereocenters. The SMILES string of the molecule is O=C(C1CC1)N1CCN(c2ccnn3cc(-c4ccc(C5(F)CCCNC5)cc4)cc23)CC1. The van der Waals surface area contributed by atoms with Crippen molar-refractivity contribution >= 4 is 17.1 Å². The fraction of sp³-hybridized carbons (Fsp3) is 0.462. The summed E-state index contributed by atoms with van der Waals surface area (Å²) < 4.78 is 17.2. The van der Waals surface area contributed by atoms with Crippen LogP contribution in [0, 0.1) is 5.92 Å². The smallest absolute Gasteiger partial charge is 0.225 e. The molecular formula is C26H30FN5O. The van der Waals surface area contributed by atoms with Gasteiger partial charge in [-0.05, 0) is 55.5 Å². The molecule has 0 bridgehead atoms. The van der Waals surface area contributed by atoms with Crippen molar-refractivity contribution < 1.29 is 9.18 Å². The number of fused-ring (bicyclic) bond motifs is 1. The zero-order valence-electron chi connectivity index (χ0n) is 18.8. The molecule has 33 heavy (non-hydrogen) atoms. The maximum Gasteiger partial charge on any atom is 0.225 e. The summed E-state index contributed by atoms with van der Waals surface area (Å²) in [6, 6.07) is 12.1. The molecular weight excluding hydrogens is 417 g/mol. The van der Waals surface area contributed by atoms with E-state index in [-0.39, 0.29) is 5.92 Å². The van der Waals surface area contributed by atoms with Gasteiger partial charge < -0.3 is 15.1 Å². The number of anilines is 1. The predicted octanol–water partition coefficient (Wildman–Crippen LogP) is 3.61. The summed E-state index contributed by atoms with van der Waals surface area (Å²) in [7, 11) is 0. The summed E-state index contributed by atoms with van der Waals surface area (Å²) >= 11 is 0. The Labute approximate surface area is 193 Å². The van der Waals surface area contributed by atoms with Gasteiger partial charge in [0.1, 0.15) is 5.67 Å².